The Morgan fingerprint density at radius 3 is 2.63 bits per heavy atom. The molecule has 1 aromatic rings. The van der Waals surface area contributed by atoms with Gasteiger partial charge in [-0.25, -0.2) is 0 Å². The second-order valence-electron chi connectivity index (χ2n) is 4.68. The lowest BCUT2D eigenvalue weighted by Crippen LogP contribution is -2.38. The number of hydrogen-bond acceptors (Lipinski definition) is 3. The Balaban J connectivity index is 2.63. The number of nitrogens with one attached hydrogen (secondary N) is 1. The number of nitrogens with two attached hydrogens (primary N) is 1. The smallest absolute Gasteiger partial charge is 0.239 e. The van der Waals surface area contributed by atoms with Crippen molar-refractivity contribution in [1.82, 2.24) is 5.32 Å². The Bertz CT molecular complexity index is 393. The van der Waals surface area contributed by atoms with Crippen molar-refractivity contribution in [3.63, 3.8) is 0 Å². The zero-order valence-electron chi connectivity index (χ0n) is 12.0. The predicted molar refractivity (Wildman–Crippen MR) is 81.3 cm³/mol. The maximum Gasteiger partial charge on any atom is 0.239 e. The minimum absolute atomic E-state index is 0.0603. The fourth-order valence-electron chi connectivity index (χ4n) is 1.96. The standard InChI is InChI=1S/C15H25N3O/c1-3-5-10-17-15(19)12-18(11-4-2)14-9-7-6-8-13(14)16/h6-9H,3-5,10-12,16H2,1-2H3,(H,17,19). The van der Waals surface area contributed by atoms with Crippen LogP contribution in [0.15, 0.2) is 24.3 Å². The number of unbranched alkanes of at least 4 members (excludes halogenated alkanes) is 1. The summed E-state index contributed by atoms with van der Waals surface area (Å²) >= 11 is 0. The molecule has 0 aromatic heterocycles. The lowest BCUT2D eigenvalue weighted by atomic mass is 10.2. The summed E-state index contributed by atoms with van der Waals surface area (Å²) in [5, 5.41) is 2.94. The number of nitrogen functional groups attached to an aromatic ring is 1. The van der Waals surface area contributed by atoms with Gasteiger partial charge in [0.15, 0.2) is 0 Å². The number of carbonyl (C=O) groups excluding carboxylic acids is 1. The molecule has 0 spiro atoms. The van der Waals surface area contributed by atoms with E-state index in [9.17, 15) is 4.79 Å². The Hall–Kier alpha value is -1.71. The lowest BCUT2D eigenvalue weighted by Gasteiger charge is -2.25. The summed E-state index contributed by atoms with van der Waals surface area (Å²) in [5.74, 6) is 0.0603. The van der Waals surface area contributed by atoms with Gasteiger partial charge in [0.05, 0.1) is 17.9 Å². The zero-order chi connectivity index (χ0) is 14.1. The van der Waals surface area contributed by atoms with E-state index in [2.05, 4.69) is 19.2 Å². The van der Waals surface area contributed by atoms with Gasteiger partial charge in [-0.15, -0.1) is 0 Å². The highest BCUT2D eigenvalue weighted by Crippen LogP contribution is 2.22. The molecule has 19 heavy (non-hydrogen) atoms. The number of anilines is 2. The average molecular weight is 263 g/mol. The molecule has 0 bridgehead atoms. The second kappa shape index (κ2) is 8.40. The van der Waals surface area contributed by atoms with Crippen molar-refractivity contribution < 1.29 is 4.79 Å². The average Bonchev–Trinajstić information content (AvgIpc) is 2.39. The maximum atomic E-state index is 11.9. The van der Waals surface area contributed by atoms with E-state index in [1.165, 1.54) is 0 Å². The molecule has 0 aliphatic carbocycles. The molecule has 0 aliphatic rings. The molecule has 4 nitrogen and oxygen atoms in total. The third kappa shape index (κ3) is 5.20. The van der Waals surface area contributed by atoms with E-state index in [1.807, 2.05) is 29.2 Å². The third-order valence-electron chi connectivity index (χ3n) is 2.96. The number of rotatable bonds is 8. The number of nitrogens with zero attached hydrogens (tertiary/aromatic N) is 1. The van der Waals surface area contributed by atoms with Crippen molar-refractivity contribution in [3.05, 3.63) is 24.3 Å². The van der Waals surface area contributed by atoms with Crippen molar-refractivity contribution in [2.45, 2.75) is 33.1 Å². The van der Waals surface area contributed by atoms with Crippen LogP contribution < -0.4 is 16.0 Å². The van der Waals surface area contributed by atoms with E-state index in [0.717, 1.165) is 43.7 Å². The van der Waals surface area contributed by atoms with E-state index in [4.69, 9.17) is 5.73 Å². The molecule has 1 rings (SSSR count). The van der Waals surface area contributed by atoms with Gasteiger partial charge < -0.3 is 16.0 Å². The van der Waals surface area contributed by atoms with Gasteiger partial charge in [-0.2, -0.15) is 0 Å². The number of amides is 1. The minimum Gasteiger partial charge on any atom is -0.397 e. The van der Waals surface area contributed by atoms with E-state index in [0.29, 0.717) is 6.54 Å². The molecule has 106 valence electrons. The summed E-state index contributed by atoms with van der Waals surface area (Å²) in [4.78, 5) is 13.9. The molecule has 3 N–H and O–H groups in total. The topological polar surface area (TPSA) is 58.4 Å². The fraction of sp³-hybridized carbons (Fsp3) is 0.533. The van der Waals surface area contributed by atoms with Crippen LogP contribution in [0.25, 0.3) is 0 Å². The van der Waals surface area contributed by atoms with E-state index in [1.54, 1.807) is 0 Å². The van der Waals surface area contributed by atoms with E-state index >= 15 is 0 Å². The van der Waals surface area contributed by atoms with Gasteiger partial charge in [-0.3, -0.25) is 4.79 Å². The lowest BCUT2D eigenvalue weighted by molar-refractivity contribution is -0.119. The minimum atomic E-state index is 0.0603. The molecular formula is C15H25N3O. The highest BCUT2D eigenvalue weighted by atomic mass is 16.2. The van der Waals surface area contributed by atoms with Gasteiger partial charge in [-0.05, 0) is 25.0 Å². The van der Waals surface area contributed by atoms with Gasteiger partial charge in [0.1, 0.15) is 0 Å². The molecule has 0 heterocycles. The molecule has 0 radical (unpaired) electrons. The Morgan fingerprint density at radius 1 is 1.26 bits per heavy atom. The summed E-state index contributed by atoms with van der Waals surface area (Å²) in [5.41, 5.74) is 7.64. The van der Waals surface area contributed by atoms with Gasteiger partial charge >= 0.3 is 0 Å². The Kier molecular flexibility index (Phi) is 6.79. The first-order valence-corrected chi connectivity index (χ1v) is 7.05. The van der Waals surface area contributed by atoms with Crippen LogP contribution in [0, 0.1) is 0 Å². The molecule has 0 fully saturated rings. The predicted octanol–water partition coefficient (Wildman–Crippen LogP) is 2.40. The number of para-hydroxylation sites is 2. The molecule has 4 heteroatoms. The fourth-order valence-corrected chi connectivity index (χ4v) is 1.96. The normalized spacial score (nSPS) is 10.2. The molecule has 0 unspecified atom stereocenters. The van der Waals surface area contributed by atoms with Crippen LogP contribution in [0.4, 0.5) is 11.4 Å². The Morgan fingerprint density at radius 2 is 2.00 bits per heavy atom. The van der Waals surface area contributed by atoms with Gasteiger partial charge in [0.25, 0.3) is 0 Å². The van der Waals surface area contributed by atoms with Crippen LogP contribution in [0.3, 0.4) is 0 Å². The van der Waals surface area contributed by atoms with Gasteiger partial charge in [-0.1, -0.05) is 32.4 Å². The highest BCUT2D eigenvalue weighted by molar-refractivity contribution is 5.83. The van der Waals surface area contributed by atoms with Crippen molar-refractivity contribution >= 4 is 17.3 Å². The molecule has 1 aromatic carbocycles. The van der Waals surface area contributed by atoms with E-state index < -0.39 is 0 Å². The van der Waals surface area contributed by atoms with Crippen molar-refractivity contribution in [2.75, 3.05) is 30.3 Å². The van der Waals surface area contributed by atoms with Crippen LogP contribution in [0.1, 0.15) is 33.1 Å². The Labute approximate surface area is 116 Å². The number of hydrogen-bond donors (Lipinski definition) is 2. The van der Waals surface area contributed by atoms with E-state index in [-0.39, 0.29) is 5.91 Å². The van der Waals surface area contributed by atoms with Crippen molar-refractivity contribution in [3.8, 4) is 0 Å². The van der Waals surface area contributed by atoms with Crippen LogP contribution in [0.5, 0.6) is 0 Å². The number of benzene rings is 1. The highest BCUT2D eigenvalue weighted by Gasteiger charge is 2.12. The molecule has 0 atom stereocenters. The number of carbonyl (C=O) groups is 1. The molecule has 1 amide bonds. The monoisotopic (exact) mass is 263 g/mol. The van der Waals surface area contributed by atoms with Gasteiger partial charge in [0, 0.05) is 13.1 Å². The molecule has 0 aliphatic heterocycles. The summed E-state index contributed by atoms with van der Waals surface area (Å²) in [7, 11) is 0. The first-order valence-electron chi connectivity index (χ1n) is 7.05. The second-order valence-corrected chi connectivity index (χ2v) is 4.68. The third-order valence-corrected chi connectivity index (χ3v) is 2.96. The van der Waals surface area contributed by atoms with Crippen LogP contribution >= 0.6 is 0 Å². The summed E-state index contributed by atoms with van der Waals surface area (Å²) in [6.45, 7) is 6.15. The zero-order valence-corrected chi connectivity index (χ0v) is 12.0. The first kappa shape index (κ1) is 15.3. The summed E-state index contributed by atoms with van der Waals surface area (Å²) < 4.78 is 0. The quantitative estimate of drug-likeness (QED) is 0.559. The van der Waals surface area contributed by atoms with Gasteiger partial charge in [0.2, 0.25) is 5.91 Å². The van der Waals surface area contributed by atoms with Crippen LogP contribution in [-0.2, 0) is 4.79 Å². The van der Waals surface area contributed by atoms with Crippen LogP contribution in [-0.4, -0.2) is 25.5 Å². The van der Waals surface area contributed by atoms with Crippen molar-refractivity contribution in [1.29, 1.82) is 0 Å². The SMILES string of the molecule is CCCCNC(=O)CN(CCC)c1ccccc1N. The molecular weight excluding hydrogens is 238 g/mol. The molecule has 0 saturated heterocycles. The summed E-state index contributed by atoms with van der Waals surface area (Å²) in [6.07, 6.45) is 3.09. The van der Waals surface area contributed by atoms with Crippen LogP contribution in [0.2, 0.25) is 0 Å². The first-order chi connectivity index (χ1) is 9.19. The molecule has 0 saturated carbocycles. The van der Waals surface area contributed by atoms with Crippen molar-refractivity contribution in [2.24, 2.45) is 0 Å². The largest absolute Gasteiger partial charge is 0.397 e. The maximum absolute atomic E-state index is 11.9. The summed E-state index contributed by atoms with van der Waals surface area (Å²) in [6, 6.07) is 7.69.